The summed E-state index contributed by atoms with van der Waals surface area (Å²) in [5, 5.41) is 3.15. The number of carbonyl (C=O) groups is 2. The summed E-state index contributed by atoms with van der Waals surface area (Å²) in [6.07, 6.45) is 3.61. The molecule has 0 unspecified atom stereocenters. The number of benzene rings is 1. The Morgan fingerprint density at radius 2 is 2.00 bits per heavy atom. The van der Waals surface area contributed by atoms with Crippen molar-refractivity contribution in [3.63, 3.8) is 0 Å². The second-order valence-electron chi connectivity index (χ2n) is 6.24. The molecule has 1 aromatic rings. The van der Waals surface area contributed by atoms with Gasteiger partial charge in [0.15, 0.2) is 0 Å². The summed E-state index contributed by atoms with van der Waals surface area (Å²) in [6.45, 7) is 0.556. The Hall–Kier alpha value is -2.34. The molecule has 3 rings (SSSR count). The third-order valence-corrected chi connectivity index (χ3v) is 4.65. The number of nitrogens with two attached hydrogens (primary N) is 1. The van der Waals surface area contributed by atoms with E-state index in [0.717, 1.165) is 48.1 Å². The zero-order valence-corrected chi connectivity index (χ0v) is 13.9. The zero-order valence-electron chi connectivity index (χ0n) is 13.9. The Morgan fingerprint density at radius 3 is 2.67 bits per heavy atom. The minimum atomic E-state index is -0.420. The van der Waals surface area contributed by atoms with Gasteiger partial charge in [0.05, 0.1) is 13.7 Å². The molecule has 0 radical (unpaired) electrons. The molecule has 0 spiro atoms. The number of primary amides is 1. The van der Waals surface area contributed by atoms with Crippen molar-refractivity contribution in [2.75, 3.05) is 13.7 Å². The first-order chi connectivity index (χ1) is 11.6. The highest BCUT2D eigenvalue weighted by Gasteiger charge is 2.39. The molecule has 1 aromatic carbocycles. The van der Waals surface area contributed by atoms with E-state index in [9.17, 15) is 9.59 Å². The van der Waals surface area contributed by atoms with Crippen LogP contribution in [0.15, 0.2) is 35.4 Å². The molecule has 0 bridgehead atoms. The zero-order chi connectivity index (χ0) is 17.1. The van der Waals surface area contributed by atoms with Crippen molar-refractivity contribution in [2.45, 2.75) is 38.4 Å². The molecule has 2 aliphatic rings. The highest BCUT2D eigenvalue weighted by Crippen LogP contribution is 2.36. The van der Waals surface area contributed by atoms with Crippen LogP contribution in [0.25, 0.3) is 0 Å². The molecule has 6 heteroatoms. The van der Waals surface area contributed by atoms with Crippen molar-refractivity contribution in [3.05, 3.63) is 41.0 Å². The fourth-order valence-corrected chi connectivity index (χ4v) is 3.47. The molecule has 0 saturated carbocycles. The van der Waals surface area contributed by atoms with Gasteiger partial charge in [0.1, 0.15) is 11.9 Å². The number of nitrogens with zero attached hydrogens (tertiary/aromatic N) is 1. The lowest BCUT2D eigenvalue weighted by atomic mass is 9.92. The molecule has 0 saturated heterocycles. The molecule has 1 atom stereocenters. The summed E-state index contributed by atoms with van der Waals surface area (Å²) >= 11 is 0. The molecular formula is C18H23N3O3. The van der Waals surface area contributed by atoms with E-state index < -0.39 is 5.91 Å². The maximum absolute atomic E-state index is 12.8. The van der Waals surface area contributed by atoms with Crippen LogP contribution in [-0.2, 0) is 16.1 Å². The number of hydrogen-bond donors (Lipinski definition) is 2. The minimum Gasteiger partial charge on any atom is -0.497 e. The predicted octanol–water partition coefficient (Wildman–Crippen LogP) is 1.31. The lowest BCUT2D eigenvalue weighted by Gasteiger charge is -2.28. The van der Waals surface area contributed by atoms with E-state index in [1.54, 1.807) is 12.0 Å². The van der Waals surface area contributed by atoms with Crippen molar-refractivity contribution < 1.29 is 14.3 Å². The largest absolute Gasteiger partial charge is 0.497 e. The maximum atomic E-state index is 12.8. The molecule has 24 heavy (non-hydrogen) atoms. The first-order valence-corrected chi connectivity index (χ1v) is 8.27. The van der Waals surface area contributed by atoms with Crippen LogP contribution < -0.4 is 15.8 Å². The van der Waals surface area contributed by atoms with Gasteiger partial charge in [0.25, 0.3) is 5.91 Å². The predicted molar refractivity (Wildman–Crippen MR) is 90.0 cm³/mol. The van der Waals surface area contributed by atoms with Crippen LogP contribution in [0.5, 0.6) is 5.75 Å². The molecule has 1 aliphatic heterocycles. The average molecular weight is 329 g/mol. The fourth-order valence-electron chi connectivity index (χ4n) is 3.47. The molecule has 6 nitrogen and oxygen atoms in total. The summed E-state index contributed by atoms with van der Waals surface area (Å²) in [7, 11) is 1.63. The van der Waals surface area contributed by atoms with Gasteiger partial charge >= 0.3 is 0 Å². The lowest BCUT2D eigenvalue weighted by molar-refractivity contribution is -0.128. The number of rotatable bonds is 6. The van der Waals surface area contributed by atoms with Crippen LogP contribution in [0.3, 0.4) is 0 Å². The Kier molecular flexibility index (Phi) is 4.85. The van der Waals surface area contributed by atoms with E-state index >= 15 is 0 Å². The Labute approximate surface area is 141 Å². The summed E-state index contributed by atoms with van der Waals surface area (Å²) in [4.78, 5) is 25.8. The van der Waals surface area contributed by atoms with Gasteiger partial charge in [0.2, 0.25) is 5.91 Å². The van der Waals surface area contributed by atoms with Gasteiger partial charge < -0.3 is 15.4 Å². The third-order valence-electron chi connectivity index (χ3n) is 4.65. The van der Waals surface area contributed by atoms with Gasteiger partial charge in [-0.3, -0.25) is 14.9 Å². The van der Waals surface area contributed by atoms with Crippen molar-refractivity contribution >= 4 is 11.8 Å². The second-order valence-corrected chi connectivity index (χ2v) is 6.24. The smallest absolute Gasteiger partial charge is 0.251 e. The molecule has 3 N–H and O–H groups in total. The molecular weight excluding hydrogens is 306 g/mol. The SMILES string of the molecule is COc1ccc(CN2C(=O)C3=C(CCCC3)[C@@H]2NCC(N)=O)cc1. The average Bonchev–Trinajstić information content (AvgIpc) is 2.86. The van der Waals surface area contributed by atoms with Crippen LogP contribution >= 0.6 is 0 Å². The van der Waals surface area contributed by atoms with Gasteiger partial charge in [-0.1, -0.05) is 12.1 Å². The number of hydrogen-bond acceptors (Lipinski definition) is 4. The molecule has 0 fully saturated rings. The second kappa shape index (κ2) is 7.05. The van der Waals surface area contributed by atoms with Crippen LogP contribution in [0.2, 0.25) is 0 Å². The van der Waals surface area contributed by atoms with Crippen LogP contribution in [-0.4, -0.2) is 36.5 Å². The van der Waals surface area contributed by atoms with Gasteiger partial charge in [0, 0.05) is 12.1 Å². The number of methoxy groups -OCH3 is 1. The Balaban J connectivity index is 1.80. The molecule has 0 aromatic heterocycles. The topological polar surface area (TPSA) is 84.7 Å². The maximum Gasteiger partial charge on any atom is 0.251 e. The standard InChI is InChI=1S/C18H23N3O3/c1-24-13-8-6-12(7-9-13)11-21-17(20-10-16(19)22)14-4-2-3-5-15(14)18(21)23/h6-9,17,20H,2-5,10-11H2,1H3,(H2,19,22)/t17-/m1/s1. The first kappa shape index (κ1) is 16.5. The fraction of sp³-hybridized carbons (Fsp3) is 0.444. The normalized spacial score (nSPS) is 20.3. The minimum absolute atomic E-state index is 0.0633. The van der Waals surface area contributed by atoms with Crippen molar-refractivity contribution in [1.82, 2.24) is 10.2 Å². The summed E-state index contributed by atoms with van der Waals surface area (Å²) in [5.74, 6) is 0.437. The van der Waals surface area contributed by atoms with Gasteiger partial charge in [-0.25, -0.2) is 0 Å². The van der Waals surface area contributed by atoms with E-state index in [-0.39, 0.29) is 18.6 Å². The highest BCUT2D eigenvalue weighted by atomic mass is 16.5. The third kappa shape index (κ3) is 3.28. The summed E-state index contributed by atoms with van der Waals surface area (Å²) in [6, 6.07) is 7.67. The van der Waals surface area contributed by atoms with Crippen molar-refractivity contribution in [2.24, 2.45) is 5.73 Å². The van der Waals surface area contributed by atoms with E-state index in [2.05, 4.69) is 5.32 Å². The van der Waals surface area contributed by atoms with E-state index in [0.29, 0.717) is 6.54 Å². The monoisotopic (exact) mass is 329 g/mol. The van der Waals surface area contributed by atoms with E-state index in [1.807, 2.05) is 24.3 Å². The molecule has 1 aliphatic carbocycles. The number of nitrogens with one attached hydrogen (secondary N) is 1. The number of amides is 2. The highest BCUT2D eigenvalue weighted by molar-refractivity contribution is 5.98. The molecule has 128 valence electrons. The quantitative estimate of drug-likeness (QED) is 0.824. The van der Waals surface area contributed by atoms with Crippen molar-refractivity contribution in [1.29, 1.82) is 0 Å². The van der Waals surface area contributed by atoms with Crippen molar-refractivity contribution in [3.8, 4) is 5.75 Å². The van der Waals surface area contributed by atoms with E-state index in [1.165, 1.54) is 0 Å². The number of carbonyl (C=O) groups excluding carboxylic acids is 2. The van der Waals surface area contributed by atoms with Gasteiger partial charge in [-0.05, 0) is 49.0 Å². The number of ether oxygens (including phenoxy) is 1. The Bertz CT molecular complexity index is 667. The van der Waals surface area contributed by atoms with Crippen LogP contribution in [0.4, 0.5) is 0 Å². The van der Waals surface area contributed by atoms with Crippen LogP contribution in [0, 0.1) is 0 Å². The lowest BCUT2D eigenvalue weighted by Crippen LogP contribution is -2.47. The molecule has 1 heterocycles. The first-order valence-electron chi connectivity index (χ1n) is 8.27. The van der Waals surface area contributed by atoms with Gasteiger partial charge in [-0.2, -0.15) is 0 Å². The van der Waals surface area contributed by atoms with Crippen LogP contribution in [0.1, 0.15) is 31.2 Å². The Morgan fingerprint density at radius 1 is 1.29 bits per heavy atom. The summed E-state index contributed by atoms with van der Waals surface area (Å²) in [5.41, 5.74) is 8.33. The van der Waals surface area contributed by atoms with E-state index in [4.69, 9.17) is 10.5 Å². The molecule has 2 amide bonds. The van der Waals surface area contributed by atoms with Gasteiger partial charge in [-0.15, -0.1) is 0 Å². The summed E-state index contributed by atoms with van der Waals surface area (Å²) < 4.78 is 5.17.